The second-order valence-electron chi connectivity index (χ2n) is 4.12. The third-order valence-corrected chi connectivity index (χ3v) is 2.70. The highest BCUT2D eigenvalue weighted by Gasteiger charge is 2.19. The molecule has 100 valence electrons. The van der Waals surface area contributed by atoms with Crippen molar-refractivity contribution in [1.29, 1.82) is 0 Å². The van der Waals surface area contributed by atoms with E-state index in [1.165, 1.54) is 0 Å². The number of aryl methyl sites for hydroxylation is 3. The summed E-state index contributed by atoms with van der Waals surface area (Å²) in [6, 6.07) is 3.20. The molecule has 0 N–H and O–H groups in total. The molecule has 0 aliphatic carbocycles. The maximum Gasteiger partial charge on any atom is 0.406 e. The minimum atomic E-state index is -0.560. The molecule has 2 aromatic rings. The Morgan fingerprint density at radius 2 is 2.11 bits per heavy atom. The zero-order valence-corrected chi connectivity index (χ0v) is 10.8. The van der Waals surface area contributed by atoms with E-state index in [0.29, 0.717) is 17.1 Å². The summed E-state index contributed by atoms with van der Waals surface area (Å²) in [4.78, 5) is 14.2. The second kappa shape index (κ2) is 5.05. The molecular weight excluding hydrogens is 250 g/mol. The number of nitrogens with zero attached hydrogens (tertiary/aromatic N) is 3. The second-order valence-corrected chi connectivity index (χ2v) is 4.12. The number of pyridine rings is 1. The Balaban J connectivity index is 2.23. The van der Waals surface area contributed by atoms with Crippen LogP contribution in [0.2, 0.25) is 0 Å². The van der Waals surface area contributed by atoms with Crippen molar-refractivity contribution in [2.24, 2.45) is 0 Å². The maximum absolute atomic E-state index is 10.9. The summed E-state index contributed by atoms with van der Waals surface area (Å²) in [7, 11) is 0. The normalized spacial score (nSPS) is 10.5. The van der Waals surface area contributed by atoms with Gasteiger partial charge in [0.15, 0.2) is 0 Å². The van der Waals surface area contributed by atoms with Crippen LogP contribution in [-0.2, 0) is 6.61 Å². The van der Waals surface area contributed by atoms with Gasteiger partial charge in [0.05, 0.1) is 11.3 Å². The third kappa shape index (κ3) is 2.70. The fourth-order valence-corrected chi connectivity index (χ4v) is 1.63. The average molecular weight is 263 g/mol. The summed E-state index contributed by atoms with van der Waals surface area (Å²) >= 11 is 0. The summed E-state index contributed by atoms with van der Waals surface area (Å²) in [5.41, 5.74) is 2.06. The van der Waals surface area contributed by atoms with Crippen LogP contribution in [0.15, 0.2) is 16.7 Å². The van der Waals surface area contributed by atoms with Crippen molar-refractivity contribution in [2.75, 3.05) is 0 Å². The number of rotatable bonds is 4. The van der Waals surface area contributed by atoms with Crippen molar-refractivity contribution in [3.63, 3.8) is 0 Å². The molecule has 0 saturated heterocycles. The Morgan fingerprint density at radius 3 is 2.68 bits per heavy atom. The number of hydrogen-bond acceptors (Lipinski definition) is 6. The summed E-state index contributed by atoms with van der Waals surface area (Å²) in [5, 5.41) is 14.7. The first-order chi connectivity index (χ1) is 8.99. The van der Waals surface area contributed by atoms with Crippen molar-refractivity contribution in [2.45, 2.75) is 27.4 Å². The van der Waals surface area contributed by atoms with Crippen molar-refractivity contribution >= 4 is 5.82 Å². The van der Waals surface area contributed by atoms with E-state index in [2.05, 4.69) is 10.1 Å². The van der Waals surface area contributed by atoms with Crippen LogP contribution in [0.25, 0.3) is 0 Å². The van der Waals surface area contributed by atoms with E-state index in [-0.39, 0.29) is 18.2 Å². The van der Waals surface area contributed by atoms with Gasteiger partial charge in [0.2, 0.25) is 5.75 Å². The first-order valence-electron chi connectivity index (χ1n) is 5.65. The monoisotopic (exact) mass is 263 g/mol. The standard InChI is InChI=1S/C12H13N3O4/c1-7-4-5-11(12(13-7)15(16)17)18-6-10-8(2)14-19-9(10)3/h4-5H,6H2,1-3H3. The molecule has 0 bridgehead atoms. The van der Waals surface area contributed by atoms with E-state index in [9.17, 15) is 10.1 Å². The van der Waals surface area contributed by atoms with Gasteiger partial charge in [-0.2, -0.15) is 0 Å². The molecule has 0 unspecified atom stereocenters. The Bertz CT molecular complexity index is 602. The molecule has 0 amide bonds. The van der Waals surface area contributed by atoms with E-state index in [4.69, 9.17) is 9.26 Å². The minimum absolute atomic E-state index is 0.135. The molecule has 7 heteroatoms. The summed E-state index contributed by atoms with van der Waals surface area (Å²) in [5.74, 6) is 0.489. The number of aromatic nitrogens is 2. The van der Waals surface area contributed by atoms with Crippen molar-refractivity contribution < 1.29 is 14.2 Å². The van der Waals surface area contributed by atoms with Gasteiger partial charge in [0.25, 0.3) is 0 Å². The quantitative estimate of drug-likeness (QED) is 0.621. The molecule has 0 aliphatic heterocycles. The average Bonchev–Trinajstić information content (AvgIpc) is 2.68. The van der Waals surface area contributed by atoms with Gasteiger partial charge in [0.1, 0.15) is 18.1 Å². The molecule has 0 fully saturated rings. The Labute approximate surface area is 109 Å². The first kappa shape index (κ1) is 13.0. The Kier molecular flexibility index (Phi) is 3.46. The molecule has 0 atom stereocenters. The zero-order chi connectivity index (χ0) is 14.0. The Hall–Kier alpha value is -2.44. The Morgan fingerprint density at radius 1 is 1.37 bits per heavy atom. The molecule has 0 radical (unpaired) electrons. The van der Waals surface area contributed by atoms with E-state index in [1.54, 1.807) is 32.9 Å². The number of hydrogen-bond donors (Lipinski definition) is 0. The molecule has 0 aromatic carbocycles. The van der Waals surface area contributed by atoms with Crippen LogP contribution in [0, 0.1) is 30.9 Å². The highest BCUT2D eigenvalue weighted by atomic mass is 16.6. The molecule has 2 rings (SSSR count). The van der Waals surface area contributed by atoms with Crippen molar-refractivity contribution in [3.05, 3.63) is 45.0 Å². The third-order valence-electron chi connectivity index (χ3n) is 2.70. The van der Waals surface area contributed by atoms with Crippen LogP contribution in [0.4, 0.5) is 5.82 Å². The molecule has 0 aliphatic rings. The molecular formula is C12H13N3O4. The molecule has 7 nitrogen and oxygen atoms in total. The van der Waals surface area contributed by atoms with Crippen LogP contribution in [-0.4, -0.2) is 15.1 Å². The van der Waals surface area contributed by atoms with E-state index in [1.807, 2.05) is 0 Å². The first-order valence-corrected chi connectivity index (χ1v) is 5.65. The van der Waals surface area contributed by atoms with Crippen LogP contribution in [0.3, 0.4) is 0 Å². The molecule has 2 aromatic heterocycles. The number of ether oxygens (including phenoxy) is 1. The highest BCUT2D eigenvalue weighted by Crippen LogP contribution is 2.26. The van der Waals surface area contributed by atoms with Gasteiger partial charge in [-0.25, -0.2) is 0 Å². The summed E-state index contributed by atoms with van der Waals surface area (Å²) < 4.78 is 10.5. The van der Waals surface area contributed by atoms with Gasteiger partial charge in [-0.05, 0) is 35.9 Å². The lowest BCUT2D eigenvalue weighted by Gasteiger charge is -2.06. The largest absolute Gasteiger partial charge is 0.481 e. The lowest BCUT2D eigenvalue weighted by molar-refractivity contribution is -0.390. The van der Waals surface area contributed by atoms with Gasteiger partial charge < -0.3 is 19.4 Å². The van der Waals surface area contributed by atoms with Gasteiger partial charge >= 0.3 is 5.82 Å². The van der Waals surface area contributed by atoms with E-state index in [0.717, 1.165) is 5.56 Å². The summed E-state index contributed by atoms with van der Waals surface area (Å²) in [6.45, 7) is 5.40. The van der Waals surface area contributed by atoms with Crippen LogP contribution in [0.1, 0.15) is 22.7 Å². The molecule has 19 heavy (non-hydrogen) atoms. The van der Waals surface area contributed by atoms with E-state index < -0.39 is 4.92 Å². The zero-order valence-electron chi connectivity index (χ0n) is 10.8. The lowest BCUT2D eigenvalue weighted by atomic mass is 10.2. The van der Waals surface area contributed by atoms with Gasteiger partial charge in [-0.1, -0.05) is 5.16 Å². The predicted molar refractivity (Wildman–Crippen MR) is 65.9 cm³/mol. The maximum atomic E-state index is 10.9. The SMILES string of the molecule is Cc1ccc(OCc2c(C)noc2C)c([N+](=O)[O-])n1. The topological polar surface area (TPSA) is 91.3 Å². The number of nitro groups is 1. The van der Waals surface area contributed by atoms with Crippen LogP contribution >= 0.6 is 0 Å². The summed E-state index contributed by atoms with van der Waals surface area (Å²) in [6.07, 6.45) is 0. The minimum Gasteiger partial charge on any atom is -0.481 e. The molecule has 2 heterocycles. The van der Waals surface area contributed by atoms with Gasteiger partial charge in [-0.3, -0.25) is 0 Å². The highest BCUT2D eigenvalue weighted by molar-refractivity contribution is 5.40. The van der Waals surface area contributed by atoms with Crippen molar-refractivity contribution in [1.82, 2.24) is 10.1 Å². The lowest BCUT2D eigenvalue weighted by Crippen LogP contribution is -2.02. The van der Waals surface area contributed by atoms with Gasteiger partial charge in [-0.15, -0.1) is 0 Å². The fourth-order valence-electron chi connectivity index (χ4n) is 1.63. The van der Waals surface area contributed by atoms with Crippen LogP contribution in [0.5, 0.6) is 5.75 Å². The van der Waals surface area contributed by atoms with Gasteiger partial charge in [0, 0.05) is 6.92 Å². The molecule has 0 spiro atoms. The van der Waals surface area contributed by atoms with Crippen LogP contribution < -0.4 is 4.74 Å². The smallest absolute Gasteiger partial charge is 0.406 e. The van der Waals surface area contributed by atoms with Crippen molar-refractivity contribution in [3.8, 4) is 5.75 Å². The fraction of sp³-hybridized carbons (Fsp3) is 0.333. The predicted octanol–water partition coefficient (Wildman–Crippen LogP) is 2.48. The molecule has 0 saturated carbocycles. The van der Waals surface area contributed by atoms with E-state index >= 15 is 0 Å².